The van der Waals surface area contributed by atoms with Crippen molar-refractivity contribution in [2.24, 2.45) is 5.92 Å². The first-order valence-corrected chi connectivity index (χ1v) is 11.3. The molecule has 0 atom stereocenters. The fourth-order valence-corrected chi connectivity index (χ4v) is 3.98. The third-order valence-electron chi connectivity index (χ3n) is 5.52. The molecule has 0 aromatic heterocycles. The van der Waals surface area contributed by atoms with Crippen LogP contribution in [0.15, 0.2) is 36.4 Å². The zero-order valence-corrected chi connectivity index (χ0v) is 19.3. The van der Waals surface area contributed by atoms with Crippen molar-refractivity contribution in [3.63, 3.8) is 0 Å². The Labute approximate surface area is 197 Å². The first-order valence-electron chi connectivity index (χ1n) is 10.6. The molecule has 0 spiro atoms. The van der Waals surface area contributed by atoms with Gasteiger partial charge in [-0.15, -0.1) is 0 Å². The van der Waals surface area contributed by atoms with Gasteiger partial charge in [0.15, 0.2) is 12.4 Å². The SMILES string of the molecule is Cc1cc(OCC(=O)CC2CCC(NC(=O)COc3ccc(Cl)c(F)c3)CC2)ccc1Cl. The van der Waals surface area contributed by atoms with Crippen LogP contribution < -0.4 is 14.8 Å². The number of ether oxygens (including phenoxy) is 2. The Balaban J connectivity index is 1.33. The lowest BCUT2D eigenvalue weighted by atomic mass is 9.83. The lowest BCUT2D eigenvalue weighted by Crippen LogP contribution is -2.40. The lowest BCUT2D eigenvalue weighted by Gasteiger charge is -2.28. The minimum atomic E-state index is -0.592. The van der Waals surface area contributed by atoms with Crippen molar-refractivity contribution in [2.45, 2.75) is 45.1 Å². The number of carbonyl (C=O) groups is 2. The lowest BCUT2D eigenvalue weighted by molar-refractivity contribution is -0.125. The van der Waals surface area contributed by atoms with Gasteiger partial charge >= 0.3 is 0 Å². The second-order valence-corrected chi connectivity index (χ2v) is 8.91. The van der Waals surface area contributed by atoms with E-state index in [1.165, 1.54) is 12.1 Å². The van der Waals surface area contributed by atoms with Crippen LogP contribution in [0.1, 0.15) is 37.7 Å². The second-order valence-electron chi connectivity index (χ2n) is 8.09. The van der Waals surface area contributed by atoms with Crippen molar-refractivity contribution in [3.05, 3.63) is 57.8 Å². The maximum Gasteiger partial charge on any atom is 0.258 e. The summed E-state index contributed by atoms with van der Waals surface area (Å²) >= 11 is 11.6. The summed E-state index contributed by atoms with van der Waals surface area (Å²) in [6.45, 7) is 1.74. The molecule has 1 saturated carbocycles. The molecule has 1 amide bonds. The van der Waals surface area contributed by atoms with Crippen LogP contribution in [0.3, 0.4) is 0 Å². The van der Waals surface area contributed by atoms with Gasteiger partial charge in [0.2, 0.25) is 0 Å². The van der Waals surface area contributed by atoms with Crippen molar-refractivity contribution >= 4 is 34.9 Å². The number of Topliss-reactive ketones (excluding diaryl/α,β-unsaturated/α-hetero) is 1. The molecule has 2 aromatic rings. The topological polar surface area (TPSA) is 64.6 Å². The van der Waals surface area contributed by atoms with Crippen LogP contribution in [-0.2, 0) is 9.59 Å². The van der Waals surface area contributed by atoms with E-state index in [-0.39, 0.29) is 41.7 Å². The Hall–Kier alpha value is -2.31. The highest BCUT2D eigenvalue weighted by Gasteiger charge is 2.24. The van der Waals surface area contributed by atoms with Gasteiger partial charge in [0.05, 0.1) is 5.02 Å². The molecule has 0 unspecified atom stereocenters. The Kier molecular flexibility index (Phi) is 8.76. The third-order valence-corrected chi connectivity index (χ3v) is 6.25. The Morgan fingerprint density at radius 3 is 2.25 bits per heavy atom. The molecule has 0 saturated heterocycles. The predicted molar refractivity (Wildman–Crippen MR) is 122 cm³/mol. The fraction of sp³-hybridized carbons (Fsp3) is 0.417. The second kappa shape index (κ2) is 11.5. The number of aryl methyl sites for hydroxylation is 1. The van der Waals surface area contributed by atoms with Gasteiger partial charge in [0.1, 0.15) is 23.9 Å². The number of nitrogens with one attached hydrogen (secondary N) is 1. The molecular formula is C24H26Cl2FNO4. The maximum absolute atomic E-state index is 13.4. The first-order chi connectivity index (χ1) is 15.3. The molecule has 0 bridgehead atoms. The zero-order valence-electron chi connectivity index (χ0n) is 17.8. The monoisotopic (exact) mass is 481 g/mol. The zero-order chi connectivity index (χ0) is 23.1. The van der Waals surface area contributed by atoms with E-state index in [2.05, 4.69) is 5.32 Å². The van der Waals surface area contributed by atoms with Gasteiger partial charge in [-0.25, -0.2) is 4.39 Å². The highest BCUT2D eigenvalue weighted by molar-refractivity contribution is 6.31. The largest absolute Gasteiger partial charge is 0.486 e. The van der Waals surface area contributed by atoms with E-state index in [9.17, 15) is 14.0 Å². The van der Waals surface area contributed by atoms with Gasteiger partial charge < -0.3 is 14.8 Å². The number of halogens is 3. The van der Waals surface area contributed by atoms with Crippen LogP contribution in [0.4, 0.5) is 4.39 Å². The Morgan fingerprint density at radius 1 is 0.969 bits per heavy atom. The summed E-state index contributed by atoms with van der Waals surface area (Å²) in [5, 5.41) is 3.61. The normalized spacial score (nSPS) is 18.1. The number of benzene rings is 2. The average molecular weight is 482 g/mol. The fourth-order valence-electron chi connectivity index (χ4n) is 3.75. The summed E-state index contributed by atoms with van der Waals surface area (Å²) < 4.78 is 24.3. The van der Waals surface area contributed by atoms with Crippen molar-refractivity contribution in [1.82, 2.24) is 5.32 Å². The average Bonchev–Trinajstić information content (AvgIpc) is 2.77. The van der Waals surface area contributed by atoms with E-state index in [4.69, 9.17) is 32.7 Å². The molecule has 8 heteroatoms. The minimum absolute atomic E-state index is 0.00341. The summed E-state index contributed by atoms with van der Waals surface area (Å²) in [6, 6.07) is 9.42. The highest BCUT2D eigenvalue weighted by Crippen LogP contribution is 2.28. The number of ketones is 1. The molecule has 0 heterocycles. The smallest absolute Gasteiger partial charge is 0.258 e. The number of carbonyl (C=O) groups excluding carboxylic acids is 2. The first kappa shape index (κ1) is 24.3. The maximum atomic E-state index is 13.4. The molecular weight excluding hydrogens is 456 g/mol. The molecule has 1 fully saturated rings. The molecule has 0 radical (unpaired) electrons. The molecule has 1 aliphatic rings. The Bertz CT molecular complexity index is 884. The number of rotatable bonds is 9. The Morgan fingerprint density at radius 2 is 1.59 bits per heavy atom. The van der Waals surface area contributed by atoms with Crippen LogP contribution in [-0.4, -0.2) is 30.9 Å². The molecule has 32 heavy (non-hydrogen) atoms. The van der Waals surface area contributed by atoms with Gasteiger partial charge in [-0.2, -0.15) is 0 Å². The third kappa shape index (κ3) is 7.38. The number of amides is 1. The van der Waals surface area contributed by atoms with Gasteiger partial charge in [0, 0.05) is 23.6 Å². The van der Waals surface area contributed by atoms with Crippen LogP contribution in [0.5, 0.6) is 11.5 Å². The van der Waals surface area contributed by atoms with Crippen LogP contribution in [0, 0.1) is 18.7 Å². The van der Waals surface area contributed by atoms with E-state index < -0.39 is 5.82 Å². The van der Waals surface area contributed by atoms with Gasteiger partial charge in [-0.3, -0.25) is 9.59 Å². The van der Waals surface area contributed by atoms with Crippen LogP contribution >= 0.6 is 23.2 Å². The molecule has 1 aliphatic carbocycles. The summed E-state index contributed by atoms with van der Waals surface area (Å²) in [5.41, 5.74) is 0.905. The molecule has 2 aromatic carbocycles. The summed E-state index contributed by atoms with van der Waals surface area (Å²) in [7, 11) is 0. The van der Waals surface area contributed by atoms with E-state index in [1.807, 2.05) is 13.0 Å². The summed E-state index contributed by atoms with van der Waals surface area (Å²) in [6.07, 6.45) is 3.80. The van der Waals surface area contributed by atoms with Crippen LogP contribution in [0.25, 0.3) is 0 Å². The van der Waals surface area contributed by atoms with Gasteiger partial charge in [0.25, 0.3) is 5.91 Å². The van der Waals surface area contributed by atoms with Crippen molar-refractivity contribution in [1.29, 1.82) is 0 Å². The summed E-state index contributed by atoms with van der Waals surface area (Å²) in [4.78, 5) is 24.4. The molecule has 5 nitrogen and oxygen atoms in total. The number of hydrogen-bond acceptors (Lipinski definition) is 4. The van der Waals surface area contributed by atoms with Gasteiger partial charge in [-0.1, -0.05) is 23.2 Å². The standard InChI is InChI=1S/C24H26Cl2FNO4/c1-15-10-19(6-8-21(15)25)31-13-18(29)11-16-2-4-17(5-3-16)28-24(30)14-32-20-7-9-22(26)23(27)12-20/h6-10,12,16-17H,2-5,11,13-14H2,1H3,(H,28,30). The molecule has 0 aliphatic heterocycles. The molecule has 1 N–H and O–H groups in total. The number of hydrogen-bond donors (Lipinski definition) is 1. The quantitative estimate of drug-likeness (QED) is 0.510. The minimum Gasteiger partial charge on any atom is -0.486 e. The van der Waals surface area contributed by atoms with Crippen molar-refractivity contribution < 1.29 is 23.5 Å². The van der Waals surface area contributed by atoms with E-state index >= 15 is 0 Å². The van der Waals surface area contributed by atoms with Gasteiger partial charge in [-0.05, 0) is 74.4 Å². The van der Waals surface area contributed by atoms with E-state index in [0.29, 0.717) is 23.1 Å². The van der Waals surface area contributed by atoms with E-state index in [1.54, 1.807) is 12.1 Å². The van der Waals surface area contributed by atoms with Crippen molar-refractivity contribution in [3.8, 4) is 11.5 Å². The highest BCUT2D eigenvalue weighted by atomic mass is 35.5. The summed E-state index contributed by atoms with van der Waals surface area (Å²) in [5.74, 6) is 0.390. The van der Waals surface area contributed by atoms with E-state index in [0.717, 1.165) is 37.3 Å². The van der Waals surface area contributed by atoms with Crippen molar-refractivity contribution in [2.75, 3.05) is 13.2 Å². The van der Waals surface area contributed by atoms with Crippen LogP contribution in [0.2, 0.25) is 10.0 Å². The molecule has 172 valence electrons. The molecule has 3 rings (SSSR count). The predicted octanol–water partition coefficient (Wildman–Crippen LogP) is 5.53.